The van der Waals surface area contributed by atoms with E-state index in [2.05, 4.69) is 14.9 Å². The third-order valence-corrected chi connectivity index (χ3v) is 4.95. The minimum Gasteiger partial charge on any atom is -0.379 e. The second-order valence-electron chi connectivity index (χ2n) is 6.35. The summed E-state index contributed by atoms with van der Waals surface area (Å²) in [6.45, 7) is 5.38. The molecule has 0 aliphatic carbocycles. The van der Waals surface area contributed by atoms with Gasteiger partial charge in [0.25, 0.3) is 5.91 Å². The van der Waals surface area contributed by atoms with Gasteiger partial charge in [0.2, 0.25) is 0 Å². The molecule has 0 unspecified atom stereocenters. The number of hydrogen-bond donors (Lipinski definition) is 0. The Balaban J connectivity index is 1.70. The molecule has 0 atom stereocenters. The molecule has 1 aliphatic heterocycles. The smallest absolute Gasteiger partial charge is 0.274 e. The van der Waals surface area contributed by atoms with E-state index in [1.54, 1.807) is 29.4 Å². The van der Waals surface area contributed by atoms with E-state index in [4.69, 9.17) is 27.9 Å². The molecule has 0 bridgehead atoms. The van der Waals surface area contributed by atoms with E-state index in [0.717, 1.165) is 44.8 Å². The molecule has 144 valence electrons. The fourth-order valence-corrected chi connectivity index (χ4v) is 3.32. The number of carbonyl (C=O) groups is 1. The van der Waals surface area contributed by atoms with Crippen molar-refractivity contribution in [1.82, 2.24) is 19.8 Å². The summed E-state index contributed by atoms with van der Waals surface area (Å²) in [7, 11) is 0. The van der Waals surface area contributed by atoms with Crippen LogP contribution in [-0.2, 0) is 11.3 Å². The van der Waals surface area contributed by atoms with E-state index in [0.29, 0.717) is 18.1 Å². The largest absolute Gasteiger partial charge is 0.379 e. The van der Waals surface area contributed by atoms with E-state index in [1.807, 2.05) is 12.1 Å². The number of hydrogen-bond acceptors (Lipinski definition) is 5. The lowest BCUT2D eigenvalue weighted by Crippen LogP contribution is -2.39. The molecule has 2 aromatic heterocycles. The fraction of sp³-hybridized carbons (Fsp3) is 0.421. The minimum atomic E-state index is -0.221. The summed E-state index contributed by atoms with van der Waals surface area (Å²) in [5.41, 5.74) is 1.19. The lowest BCUT2D eigenvalue weighted by atomic mass is 10.2. The van der Waals surface area contributed by atoms with Gasteiger partial charge in [-0.05, 0) is 36.2 Å². The van der Waals surface area contributed by atoms with Crippen molar-refractivity contribution in [3.05, 3.63) is 58.1 Å². The van der Waals surface area contributed by atoms with Crippen LogP contribution in [0.1, 0.15) is 22.5 Å². The maximum absolute atomic E-state index is 13.1. The van der Waals surface area contributed by atoms with Crippen molar-refractivity contribution >= 4 is 29.1 Å². The number of rotatable bonds is 7. The summed E-state index contributed by atoms with van der Waals surface area (Å²) >= 11 is 12.2. The number of morpholine rings is 1. The summed E-state index contributed by atoms with van der Waals surface area (Å²) in [5, 5.41) is 0.553. The highest BCUT2D eigenvalue weighted by molar-refractivity contribution is 6.34. The number of nitrogens with zero attached hydrogens (tertiary/aromatic N) is 4. The molecule has 0 saturated carbocycles. The van der Waals surface area contributed by atoms with E-state index in [-0.39, 0.29) is 16.8 Å². The normalized spacial score (nSPS) is 14.9. The molecular formula is C19H22Cl2N4O2. The van der Waals surface area contributed by atoms with Gasteiger partial charge >= 0.3 is 0 Å². The average Bonchev–Trinajstić information content (AvgIpc) is 2.70. The van der Waals surface area contributed by atoms with Gasteiger partial charge in [-0.1, -0.05) is 23.2 Å². The Morgan fingerprint density at radius 1 is 1.15 bits per heavy atom. The van der Waals surface area contributed by atoms with Crippen LogP contribution in [0.4, 0.5) is 0 Å². The van der Waals surface area contributed by atoms with Crippen molar-refractivity contribution in [3.8, 4) is 0 Å². The van der Waals surface area contributed by atoms with Crippen LogP contribution in [0.3, 0.4) is 0 Å². The fourth-order valence-electron chi connectivity index (χ4n) is 2.99. The van der Waals surface area contributed by atoms with E-state index < -0.39 is 0 Å². The maximum atomic E-state index is 13.1. The van der Waals surface area contributed by atoms with Crippen LogP contribution in [0.2, 0.25) is 10.2 Å². The molecule has 0 aromatic carbocycles. The molecule has 3 heterocycles. The van der Waals surface area contributed by atoms with Crippen LogP contribution in [0.25, 0.3) is 0 Å². The van der Waals surface area contributed by atoms with Gasteiger partial charge in [-0.15, -0.1) is 0 Å². The van der Waals surface area contributed by atoms with Gasteiger partial charge < -0.3 is 9.64 Å². The molecule has 0 radical (unpaired) electrons. The minimum absolute atomic E-state index is 0.185. The predicted octanol–water partition coefficient (Wildman–Crippen LogP) is 3.15. The highest BCUT2D eigenvalue weighted by Crippen LogP contribution is 2.20. The van der Waals surface area contributed by atoms with Gasteiger partial charge in [0.15, 0.2) is 0 Å². The Labute approximate surface area is 169 Å². The number of carbonyl (C=O) groups excluding carboxylic acids is 1. The third kappa shape index (κ3) is 5.87. The molecular weight excluding hydrogens is 387 g/mol. The van der Waals surface area contributed by atoms with Crippen LogP contribution in [0.5, 0.6) is 0 Å². The topological polar surface area (TPSA) is 58.6 Å². The first-order chi connectivity index (χ1) is 13.1. The molecule has 1 saturated heterocycles. The Bertz CT molecular complexity index is 755. The molecule has 3 rings (SSSR count). The molecule has 6 nitrogen and oxygen atoms in total. The zero-order chi connectivity index (χ0) is 19.1. The lowest BCUT2D eigenvalue weighted by molar-refractivity contribution is 0.0355. The summed E-state index contributed by atoms with van der Waals surface area (Å²) in [4.78, 5) is 25.4. The second kappa shape index (κ2) is 9.99. The summed E-state index contributed by atoms with van der Waals surface area (Å²) in [6.07, 6.45) is 4.29. The molecule has 1 fully saturated rings. The second-order valence-corrected chi connectivity index (χ2v) is 7.15. The van der Waals surface area contributed by atoms with E-state index >= 15 is 0 Å². The van der Waals surface area contributed by atoms with Gasteiger partial charge in [-0.2, -0.15) is 0 Å². The Morgan fingerprint density at radius 3 is 2.63 bits per heavy atom. The van der Waals surface area contributed by atoms with Crippen LogP contribution in [0.15, 0.2) is 36.7 Å². The molecule has 2 aromatic rings. The molecule has 0 N–H and O–H groups in total. The van der Waals surface area contributed by atoms with Gasteiger partial charge in [-0.3, -0.25) is 14.7 Å². The summed E-state index contributed by atoms with van der Waals surface area (Å²) in [6, 6.07) is 6.97. The Morgan fingerprint density at radius 2 is 1.89 bits per heavy atom. The summed E-state index contributed by atoms with van der Waals surface area (Å²) in [5.74, 6) is -0.221. The maximum Gasteiger partial charge on any atom is 0.274 e. The number of amides is 1. The van der Waals surface area contributed by atoms with E-state index in [1.165, 1.54) is 0 Å². The first-order valence-electron chi connectivity index (χ1n) is 8.94. The van der Waals surface area contributed by atoms with E-state index in [9.17, 15) is 4.79 Å². The SMILES string of the molecule is O=C(c1nc(Cl)ccc1Cl)N(CCCN1CCOCC1)Cc1ccncc1. The van der Waals surface area contributed by atoms with Crippen molar-refractivity contribution in [2.75, 3.05) is 39.4 Å². The summed E-state index contributed by atoms with van der Waals surface area (Å²) < 4.78 is 5.38. The van der Waals surface area contributed by atoms with Crippen molar-refractivity contribution in [3.63, 3.8) is 0 Å². The molecule has 27 heavy (non-hydrogen) atoms. The number of halogens is 2. The Hall–Kier alpha value is -1.73. The molecule has 1 amide bonds. The standard InChI is InChI=1S/C19H22Cl2N4O2/c20-16-2-3-17(21)23-18(16)19(26)25(14-15-4-6-22-7-5-15)9-1-8-24-10-12-27-13-11-24/h2-7H,1,8-14H2. The number of ether oxygens (including phenoxy) is 1. The van der Waals surface area contributed by atoms with Crippen LogP contribution >= 0.6 is 23.2 Å². The van der Waals surface area contributed by atoms with Gasteiger partial charge in [0, 0.05) is 45.1 Å². The van der Waals surface area contributed by atoms with Gasteiger partial charge in [0.1, 0.15) is 10.8 Å². The van der Waals surface area contributed by atoms with Crippen molar-refractivity contribution < 1.29 is 9.53 Å². The number of aromatic nitrogens is 2. The van der Waals surface area contributed by atoms with Gasteiger partial charge in [-0.25, -0.2) is 4.98 Å². The zero-order valence-corrected chi connectivity index (χ0v) is 16.5. The highest BCUT2D eigenvalue weighted by Gasteiger charge is 2.21. The number of pyridine rings is 2. The molecule has 8 heteroatoms. The van der Waals surface area contributed by atoms with Gasteiger partial charge in [0.05, 0.1) is 18.2 Å². The van der Waals surface area contributed by atoms with Crippen molar-refractivity contribution in [2.45, 2.75) is 13.0 Å². The monoisotopic (exact) mass is 408 g/mol. The lowest BCUT2D eigenvalue weighted by Gasteiger charge is -2.28. The average molecular weight is 409 g/mol. The predicted molar refractivity (Wildman–Crippen MR) is 105 cm³/mol. The quantitative estimate of drug-likeness (QED) is 0.658. The first kappa shape index (κ1) is 20.0. The highest BCUT2D eigenvalue weighted by atomic mass is 35.5. The van der Waals surface area contributed by atoms with Crippen molar-refractivity contribution in [1.29, 1.82) is 0 Å². The Kier molecular flexibility index (Phi) is 7.41. The first-order valence-corrected chi connectivity index (χ1v) is 9.69. The third-order valence-electron chi connectivity index (χ3n) is 4.43. The van der Waals surface area contributed by atoms with Crippen LogP contribution in [0, 0.1) is 0 Å². The molecule has 0 spiro atoms. The van der Waals surface area contributed by atoms with Crippen molar-refractivity contribution in [2.24, 2.45) is 0 Å². The van der Waals surface area contributed by atoms with Crippen LogP contribution in [-0.4, -0.2) is 65.1 Å². The zero-order valence-electron chi connectivity index (χ0n) is 15.0. The van der Waals surface area contributed by atoms with Crippen LogP contribution < -0.4 is 0 Å². The molecule has 1 aliphatic rings.